The van der Waals surface area contributed by atoms with Gasteiger partial charge in [0.25, 0.3) is 5.91 Å². The van der Waals surface area contributed by atoms with Crippen LogP contribution in [-0.2, 0) is 0 Å². The quantitative estimate of drug-likeness (QED) is 0.891. The van der Waals surface area contributed by atoms with Crippen LogP contribution in [0, 0.1) is 0 Å². The van der Waals surface area contributed by atoms with Crippen molar-refractivity contribution >= 4 is 17.5 Å². The fraction of sp³-hybridized carbons (Fsp3) is 0.0667. The van der Waals surface area contributed by atoms with Crippen molar-refractivity contribution in [3.05, 3.63) is 59.7 Å². The van der Waals surface area contributed by atoms with E-state index in [4.69, 9.17) is 5.73 Å². The van der Waals surface area contributed by atoms with Gasteiger partial charge >= 0.3 is 6.61 Å². The summed E-state index contributed by atoms with van der Waals surface area (Å²) in [7, 11) is 0. The molecular formula is C15H12F2N2O3. The van der Waals surface area contributed by atoms with Crippen LogP contribution in [0.2, 0.25) is 0 Å². The molecule has 5 nitrogen and oxygen atoms in total. The molecule has 2 aromatic carbocycles. The lowest BCUT2D eigenvalue weighted by molar-refractivity contribution is -0.0498. The lowest BCUT2D eigenvalue weighted by Gasteiger charge is -2.07. The molecule has 0 saturated carbocycles. The molecule has 0 aliphatic carbocycles. The summed E-state index contributed by atoms with van der Waals surface area (Å²) in [6, 6.07) is 11.3. The third kappa shape index (κ3) is 4.02. The van der Waals surface area contributed by atoms with E-state index < -0.39 is 18.4 Å². The maximum atomic E-state index is 12.0. The number of benzene rings is 2. The van der Waals surface area contributed by atoms with Crippen LogP contribution in [0.5, 0.6) is 5.75 Å². The highest BCUT2D eigenvalue weighted by Gasteiger charge is 2.09. The fourth-order valence-corrected chi connectivity index (χ4v) is 1.71. The van der Waals surface area contributed by atoms with Crippen molar-refractivity contribution in [1.29, 1.82) is 0 Å². The van der Waals surface area contributed by atoms with E-state index >= 15 is 0 Å². The topological polar surface area (TPSA) is 81.4 Å². The summed E-state index contributed by atoms with van der Waals surface area (Å²) in [5.74, 6) is -1.01. The number of nitrogens with two attached hydrogens (primary N) is 1. The molecule has 7 heteroatoms. The molecule has 0 fully saturated rings. The molecule has 0 bridgehead atoms. The summed E-state index contributed by atoms with van der Waals surface area (Å²) < 4.78 is 28.2. The number of rotatable bonds is 5. The van der Waals surface area contributed by atoms with Crippen LogP contribution >= 0.6 is 0 Å². The average Bonchev–Trinajstić information content (AvgIpc) is 2.48. The molecule has 0 saturated heterocycles. The Hall–Kier alpha value is -2.96. The van der Waals surface area contributed by atoms with Gasteiger partial charge in [-0.3, -0.25) is 9.59 Å². The largest absolute Gasteiger partial charge is 0.435 e. The summed E-state index contributed by atoms with van der Waals surface area (Å²) in [4.78, 5) is 22.9. The number of alkyl halides is 2. The van der Waals surface area contributed by atoms with Crippen molar-refractivity contribution < 1.29 is 23.1 Å². The molecular weight excluding hydrogens is 294 g/mol. The summed E-state index contributed by atoms with van der Waals surface area (Å²) >= 11 is 0. The van der Waals surface area contributed by atoms with Crippen LogP contribution in [0.1, 0.15) is 20.7 Å². The molecule has 114 valence electrons. The number of hydrogen-bond donors (Lipinski definition) is 2. The normalized spacial score (nSPS) is 10.3. The molecule has 0 aliphatic heterocycles. The van der Waals surface area contributed by atoms with E-state index in [2.05, 4.69) is 10.1 Å². The number of primary amides is 1. The van der Waals surface area contributed by atoms with Gasteiger partial charge in [-0.2, -0.15) is 8.78 Å². The Bertz CT molecular complexity index is 670. The van der Waals surface area contributed by atoms with Crippen molar-refractivity contribution in [1.82, 2.24) is 0 Å². The standard InChI is InChI=1S/C15H12F2N2O3/c16-15(17)22-12-7-3-10(4-8-12)14(21)19-11-5-1-9(2-6-11)13(18)20/h1-8,15H,(H2,18,20)(H,19,21). The van der Waals surface area contributed by atoms with Gasteiger partial charge in [-0.1, -0.05) is 0 Å². The van der Waals surface area contributed by atoms with Crippen molar-refractivity contribution in [2.24, 2.45) is 5.73 Å². The molecule has 0 atom stereocenters. The molecule has 3 N–H and O–H groups in total. The van der Waals surface area contributed by atoms with E-state index in [0.29, 0.717) is 11.3 Å². The second-order valence-corrected chi connectivity index (χ2v) is 4.30. The molecule has 2 rings (SSSR count). The smallest absolute Gasteiger partial charge is 0.387 e. The van der Waals surface area contributed by atoms with Gasteiger partial charge in [0.2, 0.25) is 5.91 Å². The van der Waals surface area contributed by atoms with Crippen LogP contribution < -0.4 is 15.8 Å². The first-order valence-corrected chi connectivity index (χ1v) is 6.22. The average molecular weight is 306 g/mol. The fourth-order valence-electron chi connectivity index (χ4n) is 1.71. The maximum Gasteiger partial charge on any atom is 0.387 e. The molecule has 0 unspecified atom stereocenters. The van der Waals surface area contributed by atoms with Gasteiger partial charge in [0.05, 0.1) is 0 Å². The second kappa shape index (κ2) is 6.66. The minimum atomic E-state index is -2.91. The first-order valence-electron chi connectivity index (χ1n) is 6.22. The van der Waals surface area contributed by atoms with Crippen LogP contribution in [0.25, 0.3) is 0 Å². The first kappa shape index (κ1) is 15.4. The Morgan fingerprint density at radius 1 is 0.955 bits per heavy atom. The lowest BCUT2D eigenvalue weighted by atomic mass is 10.1. The van der Waals surface area contributed by atoms with Gasteiger partial charge in [-0.25, -0.2) is 0 Å². The Morgan fingerprint density at radius 2 is 1.50 bits per heavy atom. The highest BCUT2D eigenvalue weighted by atomic mass is 19.3. The molecule has 0 heterocycles. The number of ether oxygens (including phenoxy) is 1. The van der Waals surface area contributed by atoms with Crippen LogP contribution in [0.15, 0.2) is 48.5 Å². The van der Waals surface area contributed by atoms with Crippen LogP contribution in [-0.4, -0.2) is 18.4 Å². The Balaban J connectivity index is 2.03. The highest BCUT2D eigenvalue weighted by Crippen LogP contribution is 2.16. The Kier molecular flexibility index (Phi) is 4.67. The molecule has 2 aromatic rings. The highest BCUT2D eigenvalue weighted by molar-refractivity contribution is 6.04. The Labute approximate surface area is 124 Å². The van der Waals surface area contributed by atoms with Crippen LogP contribution in [0.4, 0.5) is 14.5 Å². The van der Waals surface area contributed by atoms with E-state index in [1.807, 2.05) is 0 Å². The predicted molar refractivity (Wildman–Crippen MR) is 76.0 cm³/mol. The number of halogens is 2. The van der Waals surface area contributed by atoms with Crippen molar-refractivity contribution in [2.45, 2.75) is 6.61 Å². The number of anilines is 1. The van der Waals surface area contributed by atoms with E-state index in [1.165, 1.54) is 48.5 Å². The maximum absolute atomic E-state index is 12.0. The monoisotopic (exact) mass is 306 g/mol. The van der Waals surface area contributed by atoms with Gasteiger partial charge < -0.3 is 15.8 Å². The number of amides is 2. The molecule has 0 aromatic heterocycles. The van der Waals surface area contributed by atoms with E-state index in [0.717, 1.165) is 0 Å². The summed E-state index contributed by atoms with van der Waals surface area (Å²) in [6.45, 7) is -2.91. The second-order valence-electron chi connectivity index (χ2n) is 4.30. The van der Waals surface area contributed by atoms with Gasteiger partial charge in [0.1, 0.15) is 5.75 Å². The Morgan fingerprint density at radius 3 is 2.00 bits per heavy atom. The summed E-state index contributed by atoms with van der Waals surface area (Å²) in [5.41, 5.74) is 6.19. The van der Waals surface area contributed by atoms with Gasteiger partial charge in [0.15, 0.2) is 0 Å². The molecule has 0 aliphatic rings. The zero-order valence-corrected chi connectivity index (χ0v) is 11.3. The first-order chi connectivity index (χ1) is 10.5. The van der Waals surface area contributed by atoms with Gasteiger partial charge in [-0.05, 0) is 48.5 Å². The zero-order valence-electron chi connectivity index (χ0n) is 11.3. The van der Waals surface area contributed by atoms with E-state index in [1.54, 1.807) is 0 Å². The SMILES string of the molecule is NC(=O)c1ccc(NC(=O)c2ccc(OC(F)F)cc2)cc1. The number of carbonyl (C=O) groups is 2. The van der Waals surface area contributed by atoms with Crippen molar-refractivity contribution in [2.75, 3.05) is 5.32 Å². The third-order valence-corrected chi connectivity index (χ3v) is 2.77. The van der Waals surface area contributed by atoms with Crippen LogP contribution in [0.3, 0.4) is 0 Å². The lowest BCUT2D eigenvalue weighted by Crippen LogP contribution is -2.13. The molecule has 0 spiro atoms. The number of nitrogens with one attached hydrogen (secondary N) is 1. The minimum Gasteiger partial charge on any atom is -0.435 e. The molecule has 0 radical (unpaired) electrons. The van der Waals surface area contributed by atoms with Crippen molar-refractivity contribution in [3.63, 3.8) is 0 Å². The number of carbonyl (C=O) groups excluding carboxylic acids is 2. The summed E-state index contributed by atoms with van der Waals surface area (Å²) in [6.07, 6.45) is 0. The summed E-state index contributed by atoms with van der Waals surface area (Å²) in [5, 5.41) is 2.60. The minimum absolute atomic E-state index is 0.0302. The zero-order chi connectivity index (χ0) is 16.1. The molecule has 2 amide bonds. The van der Waals surface area contributed by atoms with Crippen molar-refractivity contribution in [3.8, 4) is 5.75 Å². The van der Waals surface area contributed by atoms with Gasteiger partial charge in [-0.15, -0.1) is 0 Å². The van der Waals surface area contributed by atoms with E-state index in [-0.39, 0.29) is 11.3 Å². The van der Waals surface area contributed by atoms with E-state index in [9.17, 15) is 18.4 Å². The molecule has 22 heavy (non-hydrogen) atoms. The number of hydrogen-bond acceptors (Lipinski definition) is 3. The third-order valence-electron chi connectivity index (χ3n) is 2.77. The van der Waals surface area contributed by atoms with Gasteiger partial charge in [0, 0.05) is 16.8 Å². The predicted octanol–water partition coefficient (Wildman–Crippen LogP) is 2.64.